The lowest BCUT2D eigenvalue weighted by Crippen LogP contribution is -2.27. The lowest BCUT2D eigenvalue weighted by molar-refractivity contribution is 0.412. The van der Waals surface area contributed by atoms with Crippen LogP contribution in [-0.2, 0) is 0 Å². The fraction of sp³-hybridized carbons (Fsp3) is 0.455. The topological polar surface area (TPSA) is 38.0 Å². The van der Waals surface area contributed by atoms with Crippen molar-refractivity contribution in [1.82, 2.24) is 5.32 Å². The molecule has 0 radical (unpaired) electrons. The molecule has 0 aromatic heterocycles. The molecule has 0 aliphatic carbocycles. The third-order valence-electron chi connectivity index (χ3n) is 2.75. The van der Waals surface area contributed by atoms with E-state index in [0.717, 1.165) is 16.7 Å². The number of benzene rings is 1. The van der Waals surface area contributed by atoms with Crippen molar-refractivity contribution >= 4 is 21.6 Å². The van der Waals surface area contributed by atoms with Crippen molar-refractivity contribution in [2.45, 2.75) is 25.3 Å². The highest BCUT2D eigenvalue weighted by Crippen LogP contribution is 2.33. The molecule has 0 spiro atoms. The number of hydrogen-bond acceptors (Lipinski definition) is 2. The molecule has 1 saturated heterocycles. The zero-order valence-electron chi connectivity index (χ0n) is 8.09. The number of hydrogen-bond donors (Lipinski definition) is 2. The maximum atomic E-state index is 5.98. The third kappa shape index (κ3) is 1.93. The van der Waals surface area contributed by atoms with Crippen molar-refractivity contribution in [3.8, 4) is 0 Å². The van der Waals surface area contributed by atoms with E-state index in [4.69, 9.17) is 5.73 Å². The average Bonchev–Trinajstić information content (AvgIpc) is 2.19. The Kier molecular flexibility index (Phi) is 3.08. The van der Waals surface area contributed by atoms with Crippen LogP contribution in [0.25, 0.3) is 0 Å². The predicted octanol–water partition coefficient (Wildman–Crippen LogP) is 2.85. The van der Waals surface area contributed by atoms with E-state index in [2.05, 4.69) is 27.3 Å². The van der Waals surface area contributed by atoms with Crippen molar-refractivity contribution < 1.29 is 0 Å². The van der Waals surface area contributed by atoms with E-state index in [1.807, 2.05) is 12.1 Å². The molecule has 1 atom stereocenters. The highest BCUT2D eigenvalue weighted by molar-refractivity contribution is 9.10. The molecule has 0 saturated carbocycles. The maximum Gasteiger partial charge on any atom is 0.0373 e. The zero-order valence-corrected chi connectivity index (χ0v) is 9.68. The Morgan fingerprint density at radius 1 is 1.36 bits per heavy atom. The van der Waals surface area contributed by atoms with Gasteiger partial charge >= 0.3 is 0 Å². The number of nitrogen functional groups attached to an aromatic ring is 1. The van der Waals surface area contributed by atoms with Crippen LogP contribution in [0.2, 0.25) is 0 Å². The van der Waals surface area contributed by atoms with Gasteiger partial charge in [0.25, 0.3) is 0 Å². The minimum atomic E-state index is 0.430. The molecule has 14 heavy (non-hydrogen) atoms. The Labute approximate surface area is 93.0 Å². The molecule has 0 unspecified atom stereocenters. The Morgan fingerprint density at radius 3 is 2.86 bits per heavy atom. The number of halogens is 1. The van der Waals surface area contributed by atoms with E-state index in [9.17, 15) is 0 Å². The summed E-state index contributed by atoms with van der Waals surface area (Å²) in [6.45, 7) is 1.10. The summed E-state index contributed by atoms with van der Waals surface area (Å²) in [6, 6.07) is 6.43. The van der Waals surface area contributed by atoms with Crippen molar-refractivity contribution in [3.63, 3.8) is 0 Å². The van der Waals surface area contributed by atoms with Crippen LogP contribution in [0.1, 0.15) is 30.9 Å². The second-order valence-electron chi connectivity index (χ2n) is 3.75. The Bertz CT molecular complexity index is 299. The van der Waals surface area contributed by atoms with E-state index in [0.29, 0.717) is 6.04 Å². The molecule has 1 aromatic carbocycles. The van der Waals surface area contributed by atoms with Crippen molar-refractivity contribution in [3.05, 3.63) is 28.2 Å². The summed E-state index contributed by atoms with van der Waals surface area (Å²) in [5.41, 5.74) is 8.10. The standard InChI is InChI=1S/C11H15BrN2/c12-8-4-3-5-9(13)11(8)10-6-1-2-7-14-10/h3-5,10,14H,1-2,6-7,13H2/t10-/m1/s1. The quantitative estimate of drug-likeness (QED) is 0.757. The molecular formula is C11H15BrN2. The minimum absolute atomic E-state index is 0.430. The highest BCUT2D eigenvalue weighted by Gasteiger charge is 2.18. The third-order valence-corrected chi connectivity index (χ3v) is 3.44. The molecular weight excluding hydrogens is 240 g/mol. The first-order valence-corrected chi connectivity index (χ1v) is 5.85. The Balaban J connectivity index is 2.29. The van der Waals surface area contributed by atoms with Gasteiger partial charge in [-0.2, -0.15) is 0 Å². The number of rotatable bonds is 1. The molecule has 2 nitrogen and oxygen atoms in total. The van der Waals surface area contributed by atoms with Crippen LogP contribution in [0.5, 0.6) is 0 Å². The van der Waals surface area contributed by atoms with Gasteiger partial charge in [0, 0.05) is 21.8 Å². The molecule has 1 heterocycles. The van der Waals surface area contributed by atoms with Crippen LogP contribution in [0.15, 0.2) is 22.7 Å². The van der Waals surface area contributed by atoms with Gasteiger partial charge in [0.05, 0.1) is 0 Å². The van der Waals surface area contributed by atoms with Crippen molar-refractivity contribution in [2.24, 2.45) is 0 Å². The van der Waals surface area contributed by atoms with Crippen LogP contribution in [0.3, 0.4) is 0 Å². The van der Waals surface area contributed by atoms with Gasteiger partial charge in [0.1, 0.15) is 0 Å². The van der Waals surface area contributed by atoms with Gasteiger partial charge in [-0.3, -0.25) is 0 Å². The number of nitrogens with one attached hydrogen (secondary N) is 1. The number of piperidine rings is 1. The average molecular weight is 255 g/mol. The molecule has 1 aromatic rings. The van der Waals surface area contributed by atoms with E-state index in [1.165, 1.54) is 24.8 Å². The summed E-state index contributed by atoms with van der Waals surface area (Å²) in [5.74, 6) is 0. The van der Waals surface area contributed by atoms with Gasteiger partial charge in [-0.1, -0.05) is 28.4 Å². The first-order valence-electron chi connectivity index (χ1n) is 5.06. The lowest BCUT2D eigenvalue weighted by atomic mass is 9.96. The van der Waals surface area contributed by atoms with Gasteiger partial charge < -0.3 is 11.1 Å². The lowest BCUT2D eigenvalue weighted by Gasteiger charge is -2.25. The van der Waals surface area contributed by atoms with E-state index < -0.39 is 0 Å². The van der Waals surface area contributed by atoms with E-state index in [-0.39, 0.29) is 0 Å². The van der Waals surface area contributed by atoms with Crippen LogP contribution in [0.4, 0.5) is 5.69 Å². The second-order valence-corrected chi connectivity index (χ2v) is 4.60. The predicted molar refractivity (Wildman–Crippen MR) is 63.1 cm³/mol. The van der Waals surface area contributed by atoms with Gasteiger partial charge in [-0.05, 0) is 31.5 Å². The summed E-state index contributed by atoms with van der Waals surface area (Å²) in [5, 5.41) is 3.51. The fourth-order valence-electron chi connectivity index (χ4n) is 2.02. The van der Waals surface area contributed by atoms with E-state index in [1.54, 1.807) is 0 Å². The summed E-state index contributed by atoms with van der Waals surface area (Å²) >= 11 is 3.56. The van der Waals surface area contributed by atoms with Crippen LogP contribution < -0.4 is 11.1 Å². The molecule has 1 fully saturated rings. The summed E-state index contributed by atoms with van der Waals surface area (Å²) < 4.78 is 1.12. The van der Waals surface area contributed by atoms with Gasteiger partial charge in [-0.25, -0.2) is 0 Å². The first-order chi connectivity index (χ1) is 6.79. The second kappa shape index (κ2) is 4.32. The zero-order chi connectivity index (χ0) is 9.97. The Hall–Kier alpha value is -0.540. The van der Waals surface area contributed by atoms with Crippen LogP contribution in [0, 0.1) is 0 Å². The van der Waals surface area contributed by atoms with Crippen molar-refractivity contribution in [1.29, 1.82) is 0 Å². The first kappa shape index (κ1) is 9.99. The van der Waals surface area contributed by atoms with E-state index >= 15 is 0 Å². The fourth-order valence-corrected chi connectivity index (χ4v) is 2.68. The molecule has 76 valence electrons. The van der Waals surface area contributed by atoms with Gasteiger partial charge in [0.2, 0.25) is 0 Å². The molecule has 1 aliphatic rings. The van der Waals surface area contributed by atoms with Crippen LogP contribution >= 0.6 is 15.9 Å². The SMILES string of the molecule is Nc1cccc(Br)c1[C@H]1CCCCN1. The number of nitrogens with two attached hydrogens (primary N) is 1. The Morgan fingerprint density at radius 2 is 2.21 bits per heavy atom. The number of anilines is 1. The van der Waals surface area contributed by atoms with Crippen LogP contribution in [-0.4, -0.2) is 6.54 Å². The highest BCUT2D eigenvalue weighted by atomic mass is 79.9. The minimum Gasteiger partial charge on any atom is -0.398 e. The molecule has 1 aliphatic heterocycles. The summed E-state index contributed by atoms with van der Waals surface area (Å²) in [6.07, 6.45) is 3.76. The maximum absolute atomic E-state index is 5.98. The van der Waals surface area contributed by atoms with Gasteiger partial charge in [0.15, 0.2) is 0 Å². The molecule has 3 N–H and O–H groups in total. The summed E-state index contributed by atoms with van der Waals surface area (Å²) in [7, 11) is 0. The molecule has 3 heteroatoms. The monoisotopic (exact) mass is 254 g/mol. The normalized spacial score (nSPS) is 22.2. The van der Waals surface area contributed by atoms with Gasteiger partial charge in [-0.15, -0.1) is 0 Å². The molecule has 2 rings (SSSR count). The van der Waals surface area contributed by atoms with Crippen molar-refractivity contribution in [2.75, 3.05) is 12.3 Å². The largest absolute Gasteiger partial charge is 0.398 e. The summed E-state index contributed by atoms with van der Waals surface area (Å²) in [4.78, 5) is 0. The smallest absolute Gasteiger partial charge is 0.0373 e. The molecule has 0 amide bonds. The molecule has 0 bridgehead atoms.